The molecule has 17 nitrogen and oxygen atoms in total. The first kappa shape index (κ1) is 101. The summed E-state index contributed by atoms with van der Waals surface area (Å²) in [6.07, 6.45) is 66.7. The topological polar surface area (TPSA) is 237 Å². The monoisotopic (exact) mass is 1510 g/mol. The van der Waals surface area contributed by atoms with Crippen molar-refractivity contribution < 1.29 is 80.2 Å². The molecule has 0 bridgehead atoms. The summed E-state index contributed by atoms with van der Waals surface area (Å²) in [5.74, 6) is -0.610. The van der Waals surface area contributed by atoms with E-state index in [1.54, 1.807) is 0 Å². The second-order valence-electron chi connectivity index (χ2n) is 31.2. The molecule has 612 valence electrons. The zero-order valence-corrected chi connectivity index (χ0v) is 69.4. The van der Waals surface area contributed by atoms with Gasteiger partial charge in [-0.1, -0.05) is 395 Å². The van der Waals surface area contributed by atoms with E-state index in [-0.39, 0.29) is 25.7 Å². The number of carbonyl (C=O) groups excluding carboxylic acids is 4. The number of aliphatic hydroxyl groups excluding tert-OH is 1. The molecule has 0 spiro atoms. The van der Waals surface area contributed by atoms with Crippen molar-refractivity contribution in [2.24, 2.45) is 11.8 Å². The average molecular weight is 1510 g/mol. The van der Waals surface area contributed by atoms with Crippen molar-refractivity contribution in [2.75, 3.05) is 39.6 Å². The molecule has 5 atom stereocenters. The molecule has 0 amide bonds. The third-order valence-corrected chi connectivity index (χ3v) is 21.6. The Labute approximate surface area is 632 Å². The number of unbranched alkanes of at least 4 members (excludes halogenated alkanes) is 53. The van der Waals surface area contributed by atoms with Gasteiger partial charge in [-0.05, 0) is 37.5 Å². The average Bonchev–Trinajstić information content (AvgIpc) is 0.919. The molecule has 0 aromatic carbocycles. The zero-order chi connectivity index (χ0) is 75.6. The quantitative estimate of drug-likeness (QED) is 0.0222. The second-order valence-corrected chi connectivity index (χ2v) is 34.1. The maximum atomic E-state index is 13.1. The van der Waals surface area contributed by atoms with Crippen LogP contribution in [0.1, 0.15) is 446 Å². The molecule has 0 saturated heterocycles. The van der Waals surface area contributed by atoms with Gasteiger partial charge in [0.1, 0.15) is 19.3 Å². The molecule has 0 aromatic rings. The normalized spacial score (nSPS) is 13.9. The van der Waals surface area contributed by atoms with Gasteiger partial charge < -0.3 is 33.8 Å². The minimum Gasteiger partial charge on any atom is -0.462 e. The van der Waals surface area contributed by atoms with Crippen LogP contribution in [0.2, 0.25) is 0 Å². The third kappa shape index (κ3) is 78.0. The van der Waals surface area contributed by atoms with Crippen LogP contribution in [0, 0.1) is 11.8 Å². The van der Waals surface area contributed by atoms with Crippen molar-refractivity contribution in [2.45, 2.75) is 464 Å². The van der Waals surface area contributed by atoms with Crippen LogP contribution in [0.15, 0.2) is 0 Å². The number of esters is 4. The first-order valence-electron chi connectivity index (χ1n) is 43.5. The Balaban J connectivity index is 5.23. The Morgan fingerprint density at radius 1 is 0.262 bits per heavy atom. The standard InChI is InChI=1S/C84H164O17P2/c1-7-9-11-13-15-17-19-21-23-25-26-27-28-29-30-32-34-36-43-50-56-62-68-83(88)100-79(72-94-81(86)66-60-54-48-42-35-33-31-24-22-20-18-16-14-12-10-8-2)74-98-102(90,91)96-70-78(85)71-97-103(92,93)99-75-80(73-95-82(87)67-61-55-49-45-39-41-47-53-59-65-77(5)6)101-84(89)69-63-57-51-44-38-37-40-46-52-58-64-76(3)4/h76-80,85H,7-75H2,1-6H3,(H,90,91)(H,92,93)/t78-,79-,80-/m1/s1. The van der Waals surface area contributed by atoms with Gasteiger partial charge in [0.2, 0.25) is 0 Å². The Bertz CT molecular complexity index is 1980. The summed E-state index contributed by atoms with van der Waals surface area (Å²) in [6.45, 7) is 9.62. The highest BCUT2D eigenvalue weighted by Gasteiger charge is 2.30. The molecule has 2 unspecified atom stereocenters. The largest absolute Gasteiger partial charge is 0.472 e. The number of ether oxygens (including phenoxy) is 4. The molecule has 0 radical (unpaired) electrons. The molecule has 0 aliphatic rings. The summed E-state index contributed by atoms with van der Waals surface area (Å²) in [5, 5.41) is 10.7. The lowest BCUT2D eigenvalue weighted by atomic mass is 10.0. The molecule has 0 rings (SSSR count). The van der Waals surface area contributed by atoms with Crippen LogP contribution in [0.5, 0.6) is 0 Å². The molecule has 103 heavy (non-hydrogen) atoms. The van der Waals surface area contributed by atoms with Crippen molar-refractivity contribution in [3.8, 4) is 0 Å². The number of carbonyl (C=O) groups is 4. The van der Waals surface area contributed by atoms with Crippen LogP contribution in [-0.4, -0.2) is 96.7 Å². The zero-order valence-electron chi connectivity index (χ0n) is 67.6. The van der Waals surface area contributed by atoms with E-state index in [0.717, 1.165) is 102 Å². The third-order valence-electron chi connectivity index (χ3n) is 19.7. The molecule has 0 aromatic heterocycles. The van der Waals surface area contributed by atoms with Crippen LogP contribution in [0.4, 0.5) is 0 Å². The first-order valence-corrected chi connectivity index (χ1v) is 46.5. The van der Waals surface area contributed by atoms with E-state index < -0.39 is 97.5 Å². The van der Waals surface area contributed by atoms with Crippen molar-refractivity contribution >= 4 is 39.5 Å². The van der Waals surface area contributed by atoms with Crippen molar-refractivity contribution in [3.05, 3.63) is 0 Å². The van der Waals surface area contributed by atoms with Crippen molar-refractivity contribution in [1.82, 2.24) is 0 Å². The van der Waals surface area contributed by atoms with Gasteiger partial charge in [-0.2, -0.15) is 0 Å². The lowest BCUT2D eigenvalue weighted by Gasteiger charge is -2.21. The fourth-order valence-corrected chi connectivity index (χ4v) is 14.6. The van der Waals surface area contributed by atoms with Gasteiger partial charge in [0, 0.05) is 25.7 Å². The van der Waals surface area contributed by atoms with E-state index in [2.05, 4.69) is 41.5 Å². The Kier molecular flexibility index (Phi) is 74.1. The van der Waals surface area contributed by atoms with Crippen LogP contribution in [0.3, 0.4) is 0 Å². The van der Waals surface area contributed by atoms with Crippen molar-refractivity contribution in [3.63, 3.8) is 0 Å². The number of hydrogen-bond acceptors (Lipinski definition) is 15. The SMILES string of the molecule is CCCCCCCCCCCCCCCCCCCCCCCCC(=O)O[C@H](COC(=O)CCCCCCCCCCCCCCCCCC)COP(=O)(O)OC[C@@H](O)COP(=O)(O)OC[C@@H](COC(=O)CCCCCCCCCCCC(C)C)OC(=O)CCCCCCCCCCCCC(C)C. The lowest BCUT2D eigenvalue weighted by Crippen LogP contribution is -2.30. The summed E-state index contributed by atoms with van der Waals surface area (Å²) >= 11 is 0. The maximum Gasteiger partial charge on any atom is 0.472 e. The molecule has 0 heterocycles. The van der Waals surface area contributed by atoms with Gasteiger partial charge in [0.05, 0.1) is 26.4 Å². The van der Waals surface area contributed by atoms with Gasteiger partial charge in [-0.3, -0.25) is 37.3 Å². The summed E-state index contributed by atoms with van der Waals surface area (Å²) < 4.78 is 68.8. The van der Waals surface area contributed by atoms with E-state index in [1.165, 1.54) is 263 Å². The van der Waals surface area contributed by atoms with E-state index in [0.29, 0.717) is 25.7 Å². The number of aliphatic hydroxyl groups is 1. The van der Waals surface area contributed by atoms with Crippen LogP contribution in [0.25, 0.3) is 0 Å². The minimum atomic E-state index is -4.96. The predicted octanol–water partition coefficient (Wildman–Crippen LogP) is 25.5. The highest BCUT2D eigenvalue weighted by atomic mass is 31.2. The van der Waals surface area contributed by atoms with Crippen LogP contribution < -0.4 is 0 Å². The Morgan fingerprint density at radius 3 is 0.660 bits per heavy atom. The summed E-state index contributed by atoms with van der Waals surface area (Å²) in [7, 11) is -9.92. The van der Waals surface area contributed by atoms with Gasteiger partial charge in [-0.15, -0.1) is 0 Å². The summed E-state index contributed by atoms with van der Waals surface area (Å²) in [5.41, 5.74) is 0. The number of phosphoric acid groups is 2. The number of phosphoric ester groups is 2. The second kappa shape index (κ2) is 75.5. The Morgan fingerprint density at radius 2 is 0.447 bits per heavy atom. The Hall–Kier alpha value is -1.94. The van der Waals surface area contributed by atoms with E-state index in [4.69, 9.17) is 37.0 Å². The van der Waals surface area contributed by atoms with Gasteiger partial charge in [0.15, 0.2) is 12.2 Å². The van der Waals surface area contributed by atoms with Crippen LogP contribution in [-0.2, 0) is 65.4 Å². The molecule has 0 fully saturated rings. The molecule has 0 aliphatic heterocycles. The van der Waals surface area contributed by atoms with Gasteiger partial charge in [-0.25, -0.2) is 9.13 Å². The fourth-order valence-electron chi connectivity index (χ4n) is 13.1. The van der Waals surface area contributed by atoms with Gasteiger partial charge >= 0.3 is 39.5 Å². The number of rotatable bonds is 83. The number of hydrogen-bond donors (Lipinski definition) is 3. The minimum absolute atomic E-state index is 0.106. The van der Waals surface area contributed by atoms with Crippen molar-refractivity contribution in [1.29, 1.82) is 0 Å². The lowest BCUT2D eigenvalue weighted by molar-refractivity contribution is -0.161. The highest BCUT2D eigenvalue weighted by Crippen LogP contribution is 2.45. The summed E-state index contributed by atoms with van der Waals surface area (Å²) in [4.78, 5) is 73.1. The van der Waals surface area contributed by atoms with E-state index in [9.17, 15) is 43.2 Å². The molecule has 19 heteroatoms. The smallest absolute Gasteiger partial charge is 0.462 e. The van der Waals surface area contributed by atoms with E-state index in [1.807, 2.05) is 0 Å². The molecule has 3 N–H and O–H groups in total. The fraction of sp³-hybridized carbons (Fsp3) is 0.952. The highest BCUT2D eigenvalue weighted by molar-refractivity contribution is 7.47. The van der Waals surface area contributed by atoms with E-state index >= 15 is 0 Å². The predicted molar refractivity (Wildman–Crippen MR) is 423 cm³/mol. The molecule has 0 saturated carbocycles. The molecule has 0 aliphatic carbocycles. The first-order chi connectivity index (χ1) is 49.9. The van der Waals surface area contributed by atoms with Crippen LogP contribution >= 0.6 is 15.6 Å². The summed E-state index contributed by atoms with van der Waals surface area (Å²) in [6, 6.07) is 0. The van der Waals surface area contributed by atoms with Gasteiger partial charge in [0.25, 0.3) is 0 Å². The molecular formula is C84H164O17P2. The maximum absolute atomic E-state index is 13.1. The molecular weight excluding hydrogens is 1340 g/mol.